The highest BCUT2D eigenvalue weighted by Crippen LogP contribution is 2.09. The summed E-state index contributed by atoms with van der Waals surface area (Å²) in [5.74, 6) is -1.04. The molecule has 0 fully saturated rings. The summed E-state index contributed by atoms with van der Waals surface area (Å²) >= 11 is 0. The first-order chi connectivity index (χ1) is 9.86. The maximum atomic E-state index is 10.7. The van der Waals surface area contributed by atoms with Crippen LogP contribution >= 0.6 is 0 Å². The Morgan fingerprint density at radius 2 is 1.86 bits per heavy atom. The number of ether oxygens (including phenoxy) is 2. The molecular formula is C15H31NO5. The SMILES string of the molecule is COCC(C)OCC(O)CNC(C)CCCC(C)C(=O)O. The van der Waals surface area contributed by atoms with E-state index >= 15 is 0 Å². The summed E-state index contributed by atoms with van der Waals surface area (Å²) in [6.07, 6.45) is 1.86. The van der Waals surface area contributed by atoms with Crippen LogP contribution in [0.15, 0.2) is 0 Å². The zero-order valence-electron chi connectivity index (χ0n) is 13.7. The highest BCUT2D eigenvalue weighted by atomic mass is 16.5. The van der Waals surface area contributed by atoms with Crippen LogP contribution in [0.4, 0.5) is 0 Å². The van der Waals surface area contributed by atoms with E-state index in [0.29, 0.717) is 19.6 Å². The predicted molar refractivity (Wildman–Crippen MR) is 81.4 cm³/mol. The van der Waals surface area contributed by atoms with Gasteiger partial charge in [-0.1, -0.05) is 13.3 Å². The van der Waals surface area contributed by atoms with Gasteiger partial charge >= 0.3 is 5.97 Å². The number of aliphatic hydroxyl groups is 1. The second-order valence-electron chi connectivity index (χ2n) is 5.73. The molecule has 0 aliphatic rings. The number of aliphatic carboxylic acids is 1. The van der Waals surface area contributed by atoms with Gasteiger partial charge in [-0.3, -0.25) is 4.79 Å². The van der Waals surface area contributed by atoms with E-state index in [2.05, 4.69) is 5.32 Å². The number of aliphatic hydroxyl groups excluding tert-OH is 1. The van der Waals surface area contributed by atoms with Crippen molar-refractivity contribution >= 4 is 5.97 Å². The molecule has 4 atom stereocenters. The van der Waals surface area contributed by atoms with E-state index in [-0.39, 0.29) is 24.7 Å². The van der Waals surface area contributed by atoms with Gasteiger partial charge in [-0.15, -0.1) is 0 Å². The standard InChI is InChI=1S/C15H31NO5/c1-11(15(18)19)6-5-7-12(2)16-8-14(17)10-21-13(3)9-20-4/h11-14,16-17H,5-10H2,1-4H3,(H,18,19). The van der Waals surface area contributed by atoms with Gasteiger partial charge in [0.05, 0.1) is 31.3 Å². The molecule has 0 aromatic rings. The second kappa shape index (κ2) is 11.9. The van der Waals surface area contributed by atoms with Crippen molar-refractivity contribution in [3.05, 3.63) is 0 Å². The number of carboxylic acids is 1. The normalized spacial score (nSPS) is 17.2. The lowest BCUT2D eigenvalue weighted by Gasteiger charge is -2.19. The van der Waals surface area contributed by atoms with Crippen molar-refractivity contribution in [2.45, 2.75) is 58.3 Å². The minimum atomic E-state index is -0.742. The summed E-state index contributed by atoms with van der Waals surface area (Å²) in [6, 6.07) is 0.247. The Kier molecular flexibility index (Phi) is 11.5. The molecule has 0 heterocycles. The first kappa shape index (κ1) is 20.3. The van der Waals surface area contributed by atoms with Crippen LogP contribution in [-0.2, 0) is 14.3 Å². The average Bonchev–Trinajstić information content (AvgIpc) is 2.43. The van der Waals surface area contributed by atoms with E-state index in [4.69, 9.17) is 14.6 Å². The van der Waals surface area contributed by atoms with Crippen LogP contribution in [0.2, 0.25) is 0 Å². The highest BCUT2D eigenvalue weighted by Gasteiger charge is 2.12. The number of hydrogen-bond donors (Lipinski definition) is 3. The molecule has 0 bridgehead atoms. The predicted octanol–water partition coefficient (Wildman–Crippen LogP) is 1.27. The number of hydrogen-bond acceptors (Lipinski definition) is 5. The van der Waals surface area contributed by atoms with Crippen LogP contribution in [0, 0.1) is 5.92 Å². The van der Waals surface area contributed by atoms with Gasteiger partial charge < -0.3 is 25.0 Å². The van der Waals surface area contributed by atoms with Crippen LogP contribution in [0.3, 0.4) is 0 Å². The second-order valence-corrected chi connectivity index (χ2v) is 5.73. The summed E-state index contributed by atoms with van der Waals surface area (Å²) in [5, 5.41) is 21.8. The molecular weight excluding hydrogens is 274 g/mol. The number of methoxy groups -OCH3 is 1. The van der Waals surface area contributed by atoms with E-state index in [1.807, 2.05) is 13.8 Å². The largest absolute Gasteiger partial charge is 0.481 e. The van der Waals surface area contributed by atoms with Crippen LogP contribution < -0.4 is 5.32 Å². The zero-order chi connectivity index (χ0) is 16.3. The van der Waals surface area contributed by atoms with Gasteiger partial charge in [-0.25, -0.2) is 0 Å². The first-order valence-electron chi connectivity index (χ1n) is 7.61. The minimum absolute atomic E-state index is 0.0282. The first-order valence-corrected chi connectivity index (χ1v) is 7.61. The van der Waals surface area contributed by atoms with Gasteiger partial charge in [0.15, 0.2) is 0 Å². The Morgan fingerprint density at radius 1 is 1.19 bits per heavy atom. The Bertz CT molecular complexity index is 275. The molecule has 0 saturated carbocycles. The van der Waals surface area contributed by atoms with Crippen LogP contribution in [0.1, 0.15) is 40.0 Å². The van der Waals surface area contributed by atoms with Gasteiger partial charge in [-0.2, -0.15) is 0 Å². The van der Waals surface area contributed by atoms with Crippen LogP contribution in [0.25, 0.3) is 0 Å². The molecule has 0 amide bonds. The lowest BCUT2D eigenvalue weighted by atomic mass is 10.0. The molecule has 0 spiro atoms. The third-order valence-corrected chi connectivity index (χ3v) is 3.37. The van der Waals surface area contributed by atoms with E-state index in [1.165, 1.54) is 0 Å². The minimum Gasteiger partial charge on any atom is -0.481 e. The van der Waals surface area contributed by atoms with Gasteiger partial charge in [0.1, 0.15) is 0 Å². The zero-order valence-corrected chi connectivity index (χ0v) is 13.7. The molecule has 0 aliphatic carbocycles. The number of carboxylic acid groups (broad SMARTS) is 1. The molecule has 3 N–H and O–H groups in total. The molecule has 0 aromatic heterocycles. The van der Waals surface area contributed by atoms with Gasteiger partial charge in [-0.05, 0) is 26.7 Å². The monoisotopic (exact) mass is 305 g/mol. The Labute approximate surface area is 127 Å². The topological polar surface area (TPSA) is 88.0 Å². The summed E-state index contributed by atoms with van der Waals surface area (Å²) in [5.41, 5.74) is 0. The van der Waals surface area contributed by atoms with Crippen molar-refractivity contribution in [3.63, 3.8) is 0 Å². The Balaban J connectivity index is 3.63. The van der Waals surface area contributed by atoms with Gasteiger partial charge in [0.2, 0.25) is 0 Å². The molecule has 6 heteroatoms. The molecule has 0 aliphatic heterocycles. The van der Waals surface area contributed by atoms with E-state index in [0.717, 1.165) is 12.8 Å². The van der Waals surface area contributed by atoms with Crippen LogP contribution in [-0.4, -0.2) is 61.3 Å². The number of carbonyl (C=O) groups is 1. The molecule has 0 aromatic carbocycles. The third kappa shape index (κ3) is 11.6. The lowest BCUT2D eigenvalue weighted by molar-refractivity contribution is -0.141. The highest BCUT2D eigenvalue weighted by molar-refractivity contribution is 5.69. The van der Waals surface area contributed by atoms with E-state index in [1.54, 1.807) is 14.0 Å². The number of nitrogens with one attached hydrogen (secondary N) is 1. The Hall–Kier alpha value is -0.690. The van der Waals surface area contributed by atoms with Crippen molar-refractivity contribution in [2.24, 2.45) is 5.92 Å². The summed E-state index contributed by atoms with van der Waals surface area (Å²) in [4.78, 5) is 10.7. The van der Waals surface area contributed by atoms with E-state index < -0.39 is 12.1 Å². The summed E-state index contributed by atoms with van der Waals surface area (Å²) < 4.78 is 10.4. The summed E-state index contributed by atoms with van der Waals surface area (Å²) in [6.45, 7) is 6.92. The molecule has 0 saturated heterocycles. The van der Waals surface area contributed by atoms with Crippen molar-refractivity contribution in [1.29, 1.82) is 0 Å². The van der Waals surface area contributed by atoms with Crippen molar-refractivity contribution < 1.29 is 24.5 Å². The quantitative estimate of drug-likeness (QED) is 0.475. The average molecular weight is 305 g/mol. The fraction of sp³-hybridized carbons (Fsp3) is 0.933. The summed E-state index contributed by atoms with van der Waals surface area (Å²) in [7, 11) is 1.62. The molecule has 4 unspecified atom stereocenters. The Morgan fingerprint density at radius 3 is 2.43 bits per heavy atom. The van der Waals surface area contributed by atoms with Crippen molar-refractivity contribution in [1.82, 2.24) is 5.32 Å². The number of rotatable bonds is 13. The van der Waals surface area contributed by atoms with Gasteiger partial charge in [0, 0.05) is 19.7 Å². The van der Waals surface area contributed by atoms with Crippen molar-refractivity contribution in [2.75, 3.05) is 26.9 Å². The fourth-order valence-corrected chi connectivity index (χ4v) is 1.91. The maximum absolute atomic E-state index is 10.7. The molecule has 126 valence electrons. The smallest absolute Gasteiger partial charge is 0.306 e. The molecule has 6 nitrogen and oxygen atoms in total. The molecule has 0 rings (SSSR count). The maximum Gasteiger partial charge on any atom is 0.306 e. The molecule has 0 radical (unpaired) electrons. The fourth-order valence-electron chi connectivity index (χ4n) is 1.91. The van der Waals surface area contributed by atoms with Gasteiger partial charge in [0.25, 0.3) is 0 Å². The van der Waals surface area contributed by atoms with Crippen LogP contribution in [0.5, 0.6) is 0 Å². The third-order valence-electron chi connectivity index (χ3n) is 3.37. The van der Waals surface area contributed by atoms with Crippen molar-refractivity contribution in [3.8, 4) is 0 Å². The molecule has 21 heavy (non-hydrogen) atoms. The lowest BCUT2D eigenvalue weighted by Crippen LogP contribution is -2.37. The van der Waals surface area contributed by atoms with E-state index in [9.17, 15) is 9.90 Å².